The van der Waals surface area contributed by atoms with Crippen LogP contribution < -0.4 is 0 Å². The maximum atomic E-state index is 12.8. The summed E-state index contributed by atoms with van der Waals surface area (Å²) in [5.74, 6) is -1.98. The summed E-state index contributed by atoms with van der Waals surface area (Å²) < 4.78 is 53.9. The Hall–Kier alpha value is -1.61. The highest BCUT2D eigenvalue weighted by atomic mass is 32.2. The third-order valence-electron chi connectivity index (χ3n) is 9.99. The van der Waals surface area contributed by atoms with Crippen LogP contribution in [0.25, 0.3) is 0 Å². The summed E-state index contributed by atoms with van der Waals surface area (Å²) in [5.41, 5.74) is 0. The number of rotatable bonds is 36. The molecule has 0 aromatic heterocycles. The summed E-state index contributed by atoms with van der Waals surface area (Å²) >= 11 is 0. The molecule has 0 radical (unpaired) electrons. The summed E-state index contributed by atoms with van der Waals surface area (Å²) in [6, 6.07) is 0. The molecule has 1 heterocycles. The number of allylic oxidation sites excluding steroid dienone is 1. The zero-order valence-corrected chi connectivity index (χ0v) is 34.2. The van der Waals surface area contributed by atoms with Gasteiger partial charge in [0.05, 0.1) is 6.61 Å². The Balaban J connectivity index is 2.46. The van der Waals surface area contributed by atoms with Crippen molar-refractivity contribution < 1.29 is 56.8 Å². The minimum absolute atomic E-state index is 0.167. The molecular weight excluding hydrogens is 717 g/mol. The molecule has 1 saturated heterocycles. The highest BCUT2D eigenvalue weighted by Gasteiger charge is 2.46. The summed E-state index contributed by atoms with van der Waals surface area (Å²) in [5, 5.41) is 30.8. The molecule has 318 valence electrons. The molecule has 2 unspecified atom stereocenters. The second-order valence-electron chi connectivity index (χ2n) is 15.1. The number of hydrogen-bond acceptors (Lipinski definition) is 11. The monoisotopic (exact) mass is 793 g/mol. The summed E-state index contributed by atoms with van der Waals surface area (Å²) in [6.45, 7) is 5.27. The Kier molecular flexibility index (Phi) is 30.3. The van der Waals surface area contributed by atoms with Gasteiger partial charge in [-0.25, -0.2) is 0 Å². The van der Waals surface area contributed by atoms with E-state index in [4.69, 9.17) is 18.9 Å². The van der Waals surface area contributed by atoms with Crippen molar-refractivity contribution >= 4 is 22.1 Å². The first-order valence-corrected chi connectivity index (χ1v) is 22.8. The Morgan fingerprint density at radius 3 is 1.56 bits per heavy atom. The number of esters is 2. The number of carbonyl (C=O) groups is 2. The summed E-state index contributed by atoms with van der Waals surface area (Å²) in [4.78, 5) is 25.3. The van der Waals surface area contributed by atoms with Crippen LogP contribution in [0.4, 0.5) is 0 Å². The first-order chi connectivity index (χ1) is 26.0. The van der Waals surface area contributed by atoms with Crippen molar-refractivity contribution in [3.05, 3.63) is 12.7 Å². The van der Waals surface area contributed by atoms with Crippen molar-refractivity contribution in [3.63, 3.8) is 0 Å². The van der Waals surface area contributed by atoms with Crippen molar-refractivity contribution in [3.8, 4) is 0 Å². The standard InChI is InChI=1S/C41H76O12S/c1-3-5-7-9-11-13-15-16-17-18-20-22-24-26-28-30-37(43)52-34(31-50-36(42)29-27-25-23-21-19-14-12-10-8-6-4-2)32-51-41-40(46)39(45)38(44)35(53-41)33-54(47,48)49/h3,34-35,38-41,44-46H,1,4-33H2,2H3,(H,47,48,49)/t34-,35-,38-,39?,40?,41+/m1/s1. The maximum absolute atomic E-state index is 12.8. The highest BCUT2D eigenvalue weighted by Crippen LogP contribution is 2.24. The molecule has 0 saturated carbocycles. The lowest BCUT2D eigenvalue weighted by Crippen LogP contribution is -2.60. The van der Waals surface area contributed by atoms with Gasteiger partial charge in [-0.3, -0.25) is 14.1 Å². The van der Waals surface area contributed by atoms with Crippen LogP contribution in [0.1, 0.15) is 180 Å². The van der Waals surface area contributed by atoms with E-state index in [1.807, 2.05) is 6.08 Å². The van der Waals surface area contributed by atoms with Gasteiger partial charge in [0, 0.05) is 12.8 Å². The molecule has 0 aromatic rings. The second kappa shape index (κ2) is 32.5. The minimum atomic E-state index is -4.59. The number of carbonyl (C=O) groups excluding carboxylic acids is 2. The molecule has 13 heteroatoms. The number of unbranched alkanes of at least 4 members (excludes halogenated alkanes) is 23. The van der Waals surface area contributed by atoms with Crippen LogP contribution >= 0.6 is 0 Å². The summed E-state index contributed by atoms with van der Waals surface area (Å²) in [7, 11) is -4.59. The van der Waals surface area contributed by atoms with Gasteiger partial charge < -0.3 is 34.3 Å². The fraction of sp³-hybridized carbons (Fsp3) is 0.902. The van der Waals surface area contributed by atoms with Crippen molar-refractivity contribution in [2.75, 3.05) is 19.0 Å². The van der Waals surface area contributed by atoms with E-state index in [1.54, 1.807) is 0 Å². The number of aliphatic hydroxyl groups is 3. The number of ether oxygens (including phenoxy) is 4. The van der Waals surface area contributed by atoms with Crippen molar-refractivity contribution in [2.24, 2.45) is 0 Å². The van der Waals surface area contributed by atoms with E-state index >= 15 is 0 Å². The van der Waals surface area contributed by atoms with E-state index in [9.17, 15) is 37.9 Å². The smallest absolute Gasteiger partial charge is 0.306 e. The van der Waals surface area contributed by atoms with E-state index in [2.05, 4.69) is 13.5 Å². The topological polar surface area (TPSA) is 186 Å². The van der Waals surface area contributed by atoms with Crippen LogP contribution in [-0.2, 0) is 38.7 Å². The second-order valence-corrected chi connectivity index (χ2v) is 16.6. The fourth-order valence-electron chi connectivity index (χ4n) is 6.66. The van der Waals surface area contributed by atoms with Crippen LogP contribution in [0.2, 0.25) is 0 Å². The van der Waals surface area contributed by atoms with Crippen LogP contribution in [0.3, 0.4) is 0 Å². The number of aliphatic hydroxyl groups excluding tert-OH is 3. The molecular formula is C41H76O12S. The fourth-order valence-corrected chi connectivity index (χ4v) is 7.35. The third kappa shape index (κ3) is 27.1. The predicted octanol–water partition coefficient (Wildman–Crippen LogP) is 7.89. The molecule has 54 heavy (non-hydrogen) atoms. The molecule has 0 aliphatic carbocycles. The average molecular weight is 793 g/mol. The van der Waals surface area contributed by atoms with Crippen LogP contribution in [0, 0.1) is 0 Å². The van der Waals surface area contributed by atoms with Crippen LogP contribution in [-0.4, -0.2) is 96.0 Å². The first-order valence-electron chi connectivity index (χ1n) is 21.2. The van der Waals surface area contributed by atoms with Crippen LogP contribution in [0.5, 0.6) is 0 Å². The lowest BCUT2D eigenvalue weighted by Gasteiger charge is -2.40. The van der Waals surface area contributed by atoms with Gasteiger partial charge in [0.1, 0.15) is 36.8 Å². The van der Waals surface area contributed by atoms with E-state index in [-0.39, 0.29) is 19.4 Å². The molecule has 4 N–H and O–H groups in total. The van der Waals surface area contributed by atoms with Gasteiger partial charge in [0.2, 0.25) is 0 Å². The average Bonchev–Trinajstić information content (AvgIpc) is 3.13. The largest absolute Gasteiger partial charge is 0.462 e. The summed E-state index contributed by atoms with van der Waals surface area (Å²) in [6.07, 6.45) is 21.6. The van der Waals surface area contributed by atoms with E-state index in [1.165, 1.54) is 103 Å². The molecule has 0 amide bonds. The van der Waals surface area contributed by atoms with Crippen molar-refractivity contribution in [2.45, 2.75) is 217 Å². The van der Waals surface area contributed by atoms with Crippen molar-refractivity contribution in [1.82, 2.24) is 0 Å². The SMILES string of the molecule is C=CCCCCCCCCCCCCCCCC(=O)O[C@H](COC(=O)CCCCCCCCCCCCC)CO[C@H]1O[C@H](CS(=O)(=O)O)[C@@H](O)C(O)C1O. The molecule has 1 fully saturated rings. The van der Waals surface area contributed by atoms with Gasteiger partial charge in [-0.05, 0) is 25.7 Å². The quantitative estimate of drug-likeness (QED) is 0.0208. The van der Waals surface area contributed by atoms with Gasteiger partial charge in [-0.1, -0.05) is 148 Å². The molecule has 1 rings (SSSR count). The van der Waals surface area contributed by atoms with Gasteiger partial charge in [0.25, 0.3) is 10.1 Å². The van der Waals surface area contributed by atoms with Crippen LogP contribution in [0.15, 0.2) is 12.7 Å². The van der Waals surface area contributed by atoms with E-state index in [0.29, 0.717) is 12.8 Å². The molecule has 0 bridgehead atoms. The van der Waals surface area contributed by atoms with Gasteiger partial charge in [0.15, 0.2) is 12.4 Å². The van der Waals surface area contributed by atoms with Gasteiger partial charge >= 0.3 is 11.9 Å². The Morgan fingerprint density at radius 2 is 1.09 bits per heavy atom. The zero-order chi connectivity index (χ0) is 39.9. The normalized spacial score (nSPS) is 20.8. The lowest BCUT2D eigenvalue weighted by atomic mass is 10.00. The van der Waals surface area contributed by atoms with Gasteiger partial charge in [-0.15, -0.1) is 6.58 Å². The Labute approximate surface area is 326 Å². The lowest BCUT2D eigenvalue weighted by molar-refractivity contribution is -0.297. The highest BCUT2D eigenvalue weighted by molar-refractivity contribution is 7.85. The molecule has 0 aromatic carbocycles. The van der Waals surface area contributed by atoms with Gasteiger partial charge in [-0.2, -0.15) is 8.42 Å². The Bertz CT molecular complexity index is 1050. The first kappa shape index (κ1) is 50.4. The molecule has 0 spiro atoms. The maximum Gasteiger partial charge on any atom is 0.306 e. The Morgan fingerprint density at radius 1 is 0.648 bits per heavy atom. The van der Waals surface area contributed by atoms with Crippen molar-refractivity contribution in [1.29, 1.82) is 0 Å². The molecule has 1 aliphatic heterocycles. The molecule has 6 atom stereocenters. The van der Waals surface area contributed by atoms with E-state index in [0.717, 1.165) is 44.9 Å². The molecule has 12 nitrogen and oxygen atoms in total. The predicted molar refractivity (Wildman–Crippen MR) is 210 cm³/mol. The minimum Gasteiger partial charge on any atom is -0.462 e. The zero-order valence-electron chi connectivity index (χ0n) is 33.4. The third-order valence-corrected chi connectivity index (χ3v) is 10.7. The van der Waals surface area contributed by atoms with E-state index < -0.39 is 71.2 Å². The molecule has 1 aliphatic rings. The number of hydrogen-bond donors (Lipinski definition) is 4.